The highest BCUT2D eigenvalue weighted by Gasteiger charge is 2.25. The Hall–Kier alpha value is -3.16. The summed E-state index contributed by atoms with van der Waals surface area (Å²) in [5.41, 5.74) is 0.704. The summed E-state index contributed by atoms with van der Waals surface area (Å²) in [7, 11) is 0. The lowest BCUT2D eigenvalue weighted by Crippen LogP contribution is -2.41. The fourth-order valence-corrected chi connectivity index (χ4v) is 3.07. The third-order valence-electron chi connectivity index (χ3n) is 4.64. The van der Waals surface area contributed by atoms with Gasteiger partial charge in [0.1, 0.15) is 5.75 Å². The van der Waals surface area contributed by atoms with Gasteiger partial charge in [0.15, 0.2) is 12.4 Å². The van der Waals surface area contributed by atoms with Gasteiger partial charge in [-0.15, -0.1) is 0 Å². The van der Waals surface area contributed by atoms with E-state index in [0.717, 1.165) is 0 Å². The van der Waals surface area contributed by atoms with Gasteiger partial charge in [0.25, 0.3) is 5.91 Å². The Balaban J connectivity index is 1.50. The second kappa shape index (κ2) is 8.03. The predicted octanol–water partition coefficient (Wildman–Crippen LogP) is 2.03. The van der Waals surface area contributed by atoms with Gasteiger partial charge >= 0.3 is 5.97 Å². The van der Waals surface area contributed by atoms with Crippen molar-refractivity contribution >= 4 is 17.7 Å². The highest BCUT2D eigenvalue weighted by Crippen LogP contribution is 2.22. The number of nitrogens with zero attached hydrogens (tertiary/aromatic N) is 3. The van der Waals surface area contributed by atoms with Gasteiger partial charge in [-0.3, -0.25) is 14.3 Å². The zero-order valence-corrected chi connectivity index (χ0v) is 15.0. The minimum atomic E-state index is -1.00. The highest BCUT2D eigenvalue weighted by atomic mass is 16.5. The van der Waals surface area contributed by atoms with E-state index in [9.17, 15) is 14.4 Å². The monoisotopic (exact) mass is 371 g/mol. The van der Waals surface area contributed by atoms with E-state index in [4.69, 9.17) is 9.84 Å². The number of likely N-dealkylation sites (tertiary alicyclic amines) is 1. The number of hydrogen-bond acceptors (Lipinski definition) is 5. The third kappa shape index (κ3) is 4.52. The fourth-order valence-electron chi connectivity index (χ4n) is 3.07. The standard InChI is InChI=1S/C19H21N3O5/c1-13(23)14-3-2-4-17(9-14)27-12-18(24)21-7-5-16(6-8-21)22-11-15(10-20-22)19(25)26/h2-4,9-11,16H,5-8,12H2,1H3,(H,25,26). The molecule has 0 atom stereocenters. The van der Waals surface area contributed by atoms with Crippen LogP contribution in [0.25, 0.3) is 0 Å². The molecule has 0 radical (unpaired) electrons. The maximum Gasteiger partial charge on any atom is 0.338 e. The summed E-state index contributed by atoms with van der Waals surface area (Å²) in [5.74, 6) is -0.685. The Kier molecular flexibility index (Phi) is 5.54. The van der Waals surface area contributed by atoms with Crippen molar-refractivity contribution < 1.29 is 24.2 Å². The van der Waals surface area contributed by atoms with E-state index in [1.807, 2.05) is 0 Å². The molecule has 8 heteroatoms. The molecule has 0 bridgehead atoms. The Labute approximate surface area is 156 Å². The number of carbonyl (C=O) groups excluding carboxylic acids is 2. The van der Waals surface area contributed by atoms with E-state index < -0.39 is 5.97 Å². The first kappa shape index (κ1) is 18.6. The second-order valence-corrected chi connectivity index (χ2v) is 6.50. The molecule has 1 aromatic heterocycles. The molecule has 1 N–H and O–H groups in total. The van der Waals surface area contributed by atoms with Gasteiger partial charge in [0, 0.05) is 24.8 Å². The lowest BCUT2D eigenvalue weighted by molar-refractivity contribution is -0.134. The molecule has 3 rings (SSSR count). The van der Waals surface area contributed by atoms with E-state index in [0.29, 0.717) is 37.2 Å². The van der Waals surface area contributed by atoms with Crippen LogP contribution in [0.15, 0.2) is 36.7 Å². The van der Waals surface area contributed by atoms with Crippen LogP contribution in [-0.4, -0.2) is 57.1 Å². The van der Waals surface area contributed by atoms with Crippen molar-refractivity contribution in [1.82, 2.24) is 14.7 Å². The topological polar surface area (TPSA) is 102 Å². The first-order valence-electron chi connectivity index (χ1n) is 8.73. The number of benzene rings is 1. The average molecular weight is 371 g/mol. The lowest BCUT2D eigenvalue weighted by atomic mass is 10.1. The summed E-state index contributed by atoms with van der Waals surface area (Å²) in [4.78, 5) is 36.4. The number of piperidine rings is 1. The van der Waals surface area contributed by atoms with Crippen LogP contribution in [0.2, 0.25) is 0 Å². The van der Waals surface area contributed by atoms with Gasteiger partial charge in [0.05, 0.1) is 17.8 Å². The van der Waals surface area contributed by atoms with Gasteiger partial charge in [-0.1, -0.05) is 12.1 Å². The van der Waals surface area contributed by atoms with Crippen molar-refractivity contribution in [3.63, 3.8) is 0 Å². The van der Waals surface area contributed by atoms with Crippen molar-refractivity contribution in [2.24, 2.45) is 0 Å². The molecule has 1 aliphatic rings. The van der Waals surface area contributed by atoms with Crippen LogP contribution >= 0.6 is 0 Å². The summed E-state index contributed by atoms with van der Waals surface area (Å²) in [5, 5.41) is 13.1. The molecular formula is C19H21N3O5. The van der Waals surface area contributed by atoms with Crippen molar-refractivity contribution in [2.45, 2.75) is 25.8 Å². The molecule has 8 nitrogen and oxygen atoms in total. The van der Waals surface area contributed by atoms with E-state index in [-0.39, 0.29) is 29.9 Å². The normalized spacial score (nSPS) is 14.8. The number of Topliss-reactive ketones (excluding diaryl/α,β-unsaturated/α-hetero) is 1. The van der Waals surface area contributed by atoms with Crippen LogP contribution in [0.4, 0.5) is 0 Å². The van der Waals surface area contributed by atoms with Crippen LogP contribution in [0, 0.1) is 0 Å². The maximum absolute atomic E-state index is 12.4. The molecule has 2 heterocycles. The van der Waals surface area contributed by atoms with Crippen LogP contribution in [0.3, 0.4) is 0 Å². The average Bonchev–Trinajstić information content (AvgIpc) is 3.17. The SMILES string of the molecule is CC(=O)c1cccc(OCC(=O)N2CCC(n3cc(C(=O)O)cn3)CC2)c1. The molecule has 0 spiro atoms. The molecule has 0 unspecified atom stereocenters. The number of ether oxygens (including phenoxy) is 1. The van der Waals surface area contributed by atoms with Crippen LogP contribution in [0.5, 0.6) is 5.75 Å². The van der Waals surface area contributed by atoms with Gasteiger partial charge in [-0.05, 0) is 31.9 Å². The number of rotatable bonds is 6. The molecule has 1 aliphatic heterocycles. The first-order valence-corrected chi connectivity index (χ1v) is 8.73. The van der Waals surface area contributed by atoms with Gasteiger partial charge in [-0.25, -0.2) is 4.79 Å². The number of carboxylic acids is 1. The van der Waals surface area contributed by atoms with Crippen LogP contribution < -0.4 is 4.74 Å². The smallest absolute Gasteiger partial charge is 0.338 e. The minimum absolute atomic E-state index is 0.0569. The number of amides is 1. The van der Waals surface area contributed by atoms with E-state index in [1.165, 1.54) is 19.3 Å². The first-order chi connectivity index (χ1) is 12.9. The molecule has 1 amide bonds. The van der Waals surface area contributed by atoms with Gasteiger partial charge in [-0.2, -0.15) is 5.10 Å². The molecule has 27 heavy (non-hydrogen) atoms. The summed E-state index contributed by atoms with van der Waals surface area (Å²) >= 11 is 0. The Morgan fingerprint density at radius 2 is 1.96 bits per heavy atom. The summed E-state index contributed by atoms with van der Waals surface area (Å²) < 4.78 is 7.19. The third-order valence-corrected chi connectivity index (χ3v) is 4.64. The quantitative estimate of drug-likeness (QED) is 0.780. The van der Waals surface area contributed by atoms with Crippen molar-refractivity contribution in [3.05, 3.63) is 47.8 Å². The van der Waals surface area contributed by atoms with E-state index in [2.05, 4.69) is 5.10 Å². The minimum Gasteiger partial charge on any atom is -0.484 e. The Morgan fingerprint density at radius 1 is 1.22 bits per heavy atom. The van der Waals surface area contributed by atoms with Crippen LogP contribution in [0.1, 0.15) is 46.5 Å². The number of carbonyl (C=O) groups is 3. The molecule has 0 aliphatic carbocycles. The fraction of sp³-hybridized carbons (Fsp3) is 0.368. The second-order valence-electron chi connectivity index (χ2n) is 6.50. The number of ketones is 1. The van der Waals surface area contributed by atoms with E-state index >= 15 is 0 Å². The van der Waals surface area contributed by atoms with Gasteiger partial charge < -0.3 is 14.7 Å². The number of carboxylic acid groups (broad SMARTS) is 1. The van der Waals surface area contributed by atoms with Crippen molar-refractivity contribution in [1.29, 1.82) is 0 Å². The van der Waals surface area contributed by atoms with Crippen molar-refractivity contribution in [3.8, 4) is 5.75 Å². The lowest BCUT2D eigenvalue weighted by Gasteiger charge is -2.32. The van der Waals surface area contributed by atoms with E-state index in [1.54, 1.807) is 33.8 Å². The predicted molar refractivity (Wildman–Crippen MR) is 96.0 cm³/mol. The largest absolute Gasteiger partial charge is 0.484 e. The van der Waals surface area contributed by atoms with Gasteiger partial charge in [0.2, 0.25) is 0 Å². The zero-order valence-electron chi connectivity index (χ0n) is 15.0. The highest BCUT2D eigenvalue weighted by molar-refractivity contribution is 5.94. The van der Waals surface area contributed by atoms with Crippen molar-refractivity contribution in [2.75, 3.05) is 19.7 Å². The molecular weight excluding hydrogens is 350 g/mol. The Morgan fingerprint density at radius 3 is 2.59 bits per heavy atom. The number of aromatic carboxylic acids is 1. The molecule has 1 aromatic carbocycles. The maximum atomic E-state index is 12.4. The van der Waals surface area contributed by atoms with Crippen LogP contribution in [-0.2, 0) is 4.79 Å². The summed E-state index contributed by atoms with van der Waals surface area (Å²) in [6, 6.07) is 6.84. The summed E-state index contributed by atoms with van der Waals surface area (Å²) in [6.45, 7) is 2.51. The molecule has 0 saturated carbocycles. The zero-order chi connectivity index (χ0) is 19.4. The summed E-state index contributed by atoms with van der Waals surface area (Å²) in [6.07, 6.45) is 4.26. The number of hydrogen-bond donors (Lipinski definition) is 1. The Bertz CT molecular complexity index is 853. The molecule has 1 saturated heterocycles. The molecule has 1 fully saturated rings. The molecule has 2 aromatic rings. The molecule has 142 valence electrons. The number of aromatic nitrogens is 2.